The number of furan rings is 1. The van der Waals surface area contributed by atoms with Crippen LogP contribution < -0.4 is 5.32 Å². The summed E-state index contributed by atoms with van der Waals surface area (Å²) in [6, 6.07) is 19.0. The Labute approximate surface area is 160 Å². The van der Waals surface area contributed by atoms with Gasteiger partial charge in [-0.15, -0.1) is 0 Å². The molecule has 2 heterocycles. The number of nitrogens with one attached hydrogen (secondary N) is 2. The van der Waals surface area contributed by atoms with Crippen molar-refractivity contribution in [2.75, 3.05) is 11.9 Å². The van der Waals surface area contributed by atoms with Gasteiger partial charge in [0, 0.05) is 40.5 Å². The van der Waals surface area contributed by atoms with Crippen molar-refractivity contribution in [3.05, 3.63) is 66.4 Å². The Kier molecular flexibility index (Phi) is 4.31. The van der Waals surface area contributed by atoms with Gasteiger partial charge in [-0.1, -0.05) is 20.8 Å². The summed E-state index contributed by atoms with van der Waals surface area (Å²) < 4.78 is 6.16. The molecular weight excluding hydrogens is 332 g/mol. The minimum Gasteiger partial charge on any atom is -0.456 e. The molecule has 0 saturated heterocycles. The zero-order chi connectivity index (χ0) is 19.0. The SMILES string of the molecule is Cc1cc(-c2ccc(-c3ccc4[nH]ccc4c3)o2)ccc1NCC(C)(C)C. The number of hydrogen-bond donors (Lipinski definition) is 2. The minimum absolute atomic E-state index is 0.252. The van der Waals surface area contributed by atoms with Gasteiger partial charge in [-0.25, -0.2) is 0 Å². The molecule has 4 rings (SSSR count). The van der Waals surface area contributed by atoms with Crippen molar-refractivity contribution in [2.45, 2.75) is 27.7 Å². The maximum absolute atomic E-state index is 6.16. The van der Waals surface area contributed by atoms with E-state index in [-0.39, 0.29) is 5.41 Å². The molecule has 3 heteroatoms. The van der Waals surface area contributed by atoms with E-state index < -0.39 is 0 Å². The van der Waals surface area contributed by atoms with Crippen LogP contribution in [0, 0.1) is 12.3 Å². The zero-order valence-electron chi connectivity index (χ0n) is 16.4. The molecule has 4 aromatic rings. The number of hydrogen-bond acceptors (Lipinski definition) is 2. The molecular formula is C24H26N2O. The van der Waals surface area contributed by atoms with Gasteiger partial charge in [-0.05, 0) is 72.5 Å². The Morgan fingerprint density at radius 1 is 0.889 bits per heavy atom. The fourth-order valence-corrected chi connectivity index (χ4v) is 3.23. The van der Waals surface area contributed by atoms with Crippen molar-refractivity contribution in [1.29, 1.82) is 0 Å². The Hall–Kier alpha value is -2.94. The van der Waals surface area contributed by atoms with Crippen molar-refractivity contribution >= 4 is 16.6 Å². The second-order valence-electron chi connectivity index (χ2n) is 8.39. The van der Waals surface area contributed by atoms with E-state index in [9.17, 15) is 0 Å². The van der Waals surface area contributed by atoms with Gasteiger partial charge in [-0.3, -0.25) is 0 Å². The first kappa shape index (κ1) is 17.5. The van der Waals surface area contributed by atoms with E-state index in [1.54, 1.807) is 0 Å². The minimum atomic E-state index is 0.252. The summed E-state index contributed by atoms with van der Waals surface area (Å²) in [6.07, 6.45) is 1.96. The monoisotopic (exact) mass is 358 g/mol. The molecule has 0 bridgehead atoms. The highest BCUT2D eigenvalue weighted by Gasteiger charge is 2.12. The summed E-state index contributed by atoms with van der Waals surface area (Å²) in [5.41, 5.74) is 5.99. The number of anilines is 1. The molecule has 0 aliphatic heterocycles. The normalized spacial score (nSPS) is 11.9. The summed E-state index contributed by atoms with van der Waals surface area (Å²) in [5.74, 6) is 1.78. The average Bonchev–Trinajstić information content (AvgIpc) is 3.28. The fourth-order valence-electron chi connectivity index (χ4n) is 3.23. The van der Waals surface area contributed by atoms with Gasteiger partial charge < -0.3 is 14.7 Å². The molecule has 138 valence electrons. The summed E-state index contributed by atoms with van der Waals surface area (Å²) in [4.78, 5) is 3.22. The first-order chi connectivity index (χ1) is 12.9. The van der Waals surface area contributed by atoms with Gasteiger partial charge in [0.25, 0.3) is 0 Å². The molecule has 0 fully saturated rings. The maximum atomic E-state index is 6.16. The summed E-state index contributed by atoms with van der Waals surface area (Å²) in [5, 5.41) is 4.73. The van der Waals surface area contributed by atoms with Crippen molar-refractivity contribution in [1.82, 2.24) is 4.98 Å². The Balaban J connectivity index is 1.58. The van der Waals surface area contributed by atoms with E-state index in [0.717, 1.165) is 34.7 Å². The highest BCUT2D eigenvalue weighted by atomic mass is 16.3. The quantitative estimate of drug-likeness (QED) is 0.418. The molecule has 0 radical (unpaired) electrons. The Morgan fingerprint density at radius 2 is 1.59 bits per heavy atom. The van der Waals surface area contributed by atoms with Gasteiger partial charge in [-0.2, -0.15) is 0 Å². The lowest BCUT2D eigenvalue weighted by Crippen LogP contribution is -2.19. The molecule has 0 saturated carbocycles. The van der Waals surface area contributed by atoms with Crippen LogP contribution in [0.3, 0.4) is 0 Å². The second kappa shape index (κ2) is 6.66. The maximum Gasteiger partial charge on any atom is 0.134 e. The largest absolute Gasteiger partial charge is 0.456 e. The van der Waals surface area contributed by atoms with Gasteiger partial charge in [0.05, 0.1) is 0 Å². The van der Waals surface area contributed by atoms with Crippen LogP contribution in [0.25, 0.3) is 33.6 Å². The summed E-state index contributed by atoms with van der Waals surface area (Å²) in [7, 11) is 0. The van der Waals surface area contributed by atoms with Gasteiger partial charge >= 0.3 is 0 Å². The number of aryl methyl sites for hydroxylation is 1. The lowest BCUT2D eigenvalue weighted by Gasteiger charge is -2.20. The molecule has 2 N–H and O–H groups in total. The van der Waals surface area contributed by atoms with E-state index in [1.807, 2.05) is 18.3 Å². The van der Waals surface area contributed by atoms with Crippen LogP contribution in [-0.2, 0) is 0 Å². The van der Waals surface area contributed by atoms with E-state index in [2.05, 4.69) is 80.5 Å². The van der Waals surface area contributed by atoms with Crippen LogP contribution in [-0.4, -0.2) is 11.5 Å². The number of rotatable bonds is 4. The van der Waals surface area contributed by atoms with Crippen molar-refractivity contribution in [3.63, 3.8) is 0 Å². The van der Waals surface area contributed by atoms with Gasteiger partial charge in [0.15, 0.2) is 0 Å². The van der Waals surface area contributed by atoms with Crippen LogP contribution >= 0.6 is 0 Å². The average molecular weight is 358 g/mol. The molecule has 0 aliphatic rings. The lowest BCUT2D eigenvalue weighted by atomic mass is 9.96. The first-order valence-electron chi connectivity index (χ1n) is 9.41. The molecule has 0 spiro atoms. The van der Waals surface area contributed by atoms with E-state index in [1.165, 1.54) is 16.6 Å². The van der Waals surface area contributed by atoms with Crippen LogP contribution in [0.1, 0.15) is 26.3 Å². The number of fused-ring (bicyclic) bond motifs is 1. The topological polar surface area (TPSA) is 41.0 Å². The molecule has 3 nitrogen and oxygen atoms in total. The zero-order valence-corrected chi connectivity index (χ0v) is 16.4. The van der Waals surface area contributed by atoms with E-state index >= 15 is 0 Å². The molecule has 0 amide bonds. The van der Waals surface area contributed by atoms with Crippen molar-refractivity contribution < 1.29 is 4.42 Å². The molecule has 2 aromatic carbocycles. The molecule has 2 aromatic heterocycles. The van der Waals surface area contributed by atoms with Crippen LogP contribution in [0.5, 0.6) is 0 Å². The molecule has 0 aliphatic carbocycles. The van der Waals surface area contributed by atoms with Crippen molar-refractivity contribution in [2.24, 2.45) is 5.41 Å². The number of aromatic nitrogens is 1. The Morgan fingerprint density at radius 3 is 2.30 bits per heavy atom. The van der Waals surface area contributed by atoms with Crippen molar-refractivity contribution in [3.8, 4) is 22.6 Å². The standard InChI is InChI=1S/C24H26N2O/c1-16-13-18(5-7-20(16)26-15-24(2,3)4)22-9-10-23(27-22)19-6-8-21-17(14-19)11-12-25-21/h5-14,25-26H,15H2,1-4H3. The smallest absolute Gasteiger partial charge is 0.134 e. The molecule has 27 heavy (non-hydrogen) atoms. The highest BCUT2D eigenvalue weighted by Crippen LogP contribution is 2.32. The second-order valence-corrected chi connectivity index (χ2v) is 8.39. The number of benzene rings is 2. The summed E-state index contributed by atoms with van der Waals surface area (Å²) >= 11 is 0. The Bertz CT molecular complexity index is 1080. The third-order valence-electron chi connectivity index (χ3n) is 4.76. The molecule has 0 unspecified atom stereocenters. The lowest BCUT2D eigenvalue weighted by molar-refractivity contribution is 0.443. The van der Waals surface area contributed by atoms with Crippen LogP contribution in [0.4, 0.5) is 5.69 Å². The predicted octanol–water partition coefficient (Wildman–Crippen LogP) is 6.86. The number of aromatic amines is 1. The first-order valence-corrected chi connectivity index (χ1v) is 9.41. The van der Waals surface area contributed by atoms with E-state index in [4.69, 9.17) is 4.42 Å². The van der Waals surface area contributed by atoms with Gasteiger partial charge in [0.1, 0.15) is 11.5 Å². The number of H-pyrrole nitrogens is 1. The third-order valence-corrected chi connectivity index (χ3v) is 4.76. The van der Waals surface area contributed by atoms with Gasteiger partial charge in [0.2, 0.25) is 0 Å². The fraction of sp³-hybridized carbons (Fsp3) is 0.250. The summed E-state index contributed by atoms with van der Waals surface area (Å²) in [6.45, 7) is 9.79. The predicted molar refractivity (Wildman–Crippen MR) is 114 cm³/mol. The molecule has 0 atom stereocenters. The third kappa shape index (κ3) is 3.77. The highest BCUT2D eigenvalue weighted by molar-refractivity contribution is 5.84. The van der Waals surface area contributed by atoms with Crippen LogP contribution in [0.2, 0.25) is 0 Å². The van der Waals surface area contributed by atoms with Crippen LogP contribution in [0.15, 0.2) is 65.2 Å². The van der Waals surface area contributed by atoms with E-state index in [0.29, 0.717) is 0 Å².